The molecule has 2 aromatic heterocycles. The normalized spacial score (nSPS) is 11.6. The van der Waals surface area contributed by atoms with Gasteiger partial charge in [-0.2, -0.15) is 0 Å². The summed E-state index contributed by atoms with van der Waals surface area (Å²) in [6.07, 6.45) is 1.47. The van der Waals surface area contributed by atoms with Crippen molar-refractivity contribution in [2.24, 2.45) is 7.05 Å². The third-order valence-electron chi connectivity index (χ3n) is 3.09. The molecule has 21 heavy (non-hydrogen) atoms. The molecule has 0 aliphatic heterocycles. The number of carbonyl (C=O) groups is 1. The zero-order valence-corrected chi connectivity index (χ0v) is 13.8. The Morgan fingerprint density at radius 2 is 1.95 bits per heavy atom. The molecule has 0 bridgehead atoms. The molecule has 2 aromatic rings. The highest BCUT2D eigenvalue weighted by Gasteiger charge is 2.21. The van der Waals surface area contributed by atoms with Crippen LogP contribution in [-0.2, 0) is 11.8 Å². The van der Waals surface area contributed by atoms with Crippen LogP contribution in [-0.4, -0.2) is 53.6 Å². The molecule has 0 radical (unpaired) electrons. The molecule has 0 aromatic carbocycles. The summed E-state index contributed by atoms with van der Waals surface area (Å²) in [5, 5.41) is 8.67. The number of nitrogens with zero attached hydrogens (tertiary/aromatic N) is 6. The van der Waals surface area contributed by atoms with Crippen molar-refractivity contribution < 1.29 is 4.79 Å². The van der Waals surface area contributed by atoms with Crippen LogP contribution in [0.15, 0.2) is 11.4 Å². The minimum Gasteiger partial charge on any atom is -0.337 e. The zero-order chi connectivity index (χ0) is 15.6. The van der Waals surface area contributed by atoms with Gasteiger partial charge in [-0.1, -0.05) is 17.0 Å². The standard InChI is InChI=1S/C13H20N6OS/c1-8(2)19(9(3)4)10(20)6-21-13-11-12(14-7-15-13)18(5)17-16-11/h7-9H,6H2,1-5H3. The lowest BCUT2D eigenvalue weighted by molar-refractivity contribution is -0.131. The van der Waals surface area contributed by atoms with Gasteiger partial charge in [0.2, 0.25) is 5.91 Å². The van der Waals surface area contributed by atoms with Crippen LogP contribution in [0.1, 0.15) is 27.7 Å². The van der Waals surface area contributed by atoms with Crippen molar-refractivity contribution in [2.75, 3.05) is 5.75 Å². The summed E-state index contributed by atoms with van der Waals surface area (Å²) in [4.78, 5) is 22.6. The van der Waals surface area contributed by atoms with Gasteiger partial charge in [0.25, 0.3) is 0 Å². The van der Waals surface area contributed by atoms with Crippen LogP contribution in [0.2, 0.25) is 0 Å². The molecule has 7 nitrogen and oxygen atoms in total. The van der Waals surface area contributed by atoms with E-state index in [1.54, 1.807) is 11.7 Å². The maximum atomic E-state index is 12.4. The molecule has 0 saturated carbocycles. The molecule has 0 atom stereocenters. The molecule has 0 aliphatic rings. The van der Waals surface area contributed by atoms with E-state index >= 15 is 0 Å². The maximum Gasteiger partial charge on any atom is 0.233 e. The molecule has 2 rings (SSSR count). The van der Waals surface area contributed by atoms with E-state index in [0.29, 0.717) is 21.9 Å². The van der Waals surface area contributed by atoms with Gasteiger partial charge in [-0.15, -0.1) is 5.10 Å². The van der Waals surface area contributed by atoms with Gasteiger partial charge in [-0.25, -0.2) is 14.6 Å². The van der Waals surface area contributed by atoms with E-state index in [9.17, 15) is 4.79 Å². The fourth-order valence-corrected chi connectivity index (χ4v) is 3.11. The topological polar surface area (TPSA) is 76.8 Å². The number of aryl methyl sites for hydroxylation is 1. The summed E-state index contributed by atoms with van der Waals surface area (Å²) in [5.41, 5.74) is 1.31. The molecule has 1 amide bonds. The lowest BCUT2D eigenvalue weighted by Gasteiger charge is -2.30. The first-order valence-electron chi connectivity index (χ1n) is 6.86. The van der Waals surface area contributed by atoms with E-state index in [4.69, 9.17) is 0 Å². The van der Waals surface area contributed by atoms with Crippen molar-refractivity contribution in [3.63, 3.8) is 0 Å². The third kappa shape index (κ3) is 3.31. The predicted molar refractivity (Wildman–Crippen MR) is 81.9 cm³/mol. The lowest BCUT2D eigenvalue weighted by Crippen LogP contribution is -2.43. The van der Waals surface area contributed by atoms with E-state index in [1.807, 2.05) is 32.6 Å². The molecule has 0 N–H and O–H groups in total. The molecule has 0 unspecified atom stereocenters. The first-order valence-corrected chi connectivity index (χ1v) is 7.84. The van der Waals surface area contributed by atoms with E-state index in [1.165, 1.54) is 18.1 Å². The fourth-order valence-electron chi connectivity index (χ4n) is 2.31. The number of amides is 1. The molecular weight excluding hydrogens is 288 g/mol. The van der Waals surface area contributed by atoms with Crippen LogP contribution in [0.25, 0.3) is 11.2 Å². The van der Waals surface area contributed by atoms with Crippen LogP contribution in [0, 0.1) is 0 Å². The largest absolute Gasteiger partial charge is 0.337 e. The summed E-state index contributed by atoms with van der Waals surface area (Å²) < 4.78 is 1.59. The van der Waals surface area contributed by atoms with Crippen LogP contribution < -0.4 is 0 Å². The minimum atomic E-state index is 0.0978. The van der Waals surface area contributed by atoms with Gasteiger partial charge in [-0.3, -0.25) is 4.79 Å². The van der Waals surface area contributed by atoms with Gasteiger partial charge in [0.05, 0.1) is 5.75 Å². The molecule has 2 heterocycles. The highest BCUT2D eigenvalue weighted by Crippen LogP contribution is 2.23. The second kappa shape index (κ2) is 6.38. The molecule has 0 aliphatic carbocycles. The summed E-state index contributed by atoms with van der Waals surface area (Å²) in [6.45, 7) is 8.09. The average Bonchev–Trinajstić information content (AvgIpc) is 2.78. The summed E-state index contributed by atoms with van der Waals surface area (Å²) in [6, 6.07) is 0.361. The molecular formula is C13H20N6OS. The number of aromatic nitrogens is 5. The van der Waals surface area contributed by atoms with Crippen LogP contribution >= 0.6 is 11.8 Å². The van der Waals surface area contributed by atoms with Crippen LogP contribution in [0.5, 0.6) is 0 Å². The highest BCUT2D eigenvalue weighted by molar-refractivity contribution is 8.00. The van der Waals surface area contributed by atoms with Crippen molar-refractivity contribution in [3.05, 3.63) is 6.33 Å². The van der Waals surface area contributed by atoms with Crippen molar-refractivity contribution in [1.82, 2.24) is 29.9 Å². The molecule has 8 heteroatoms. The minimum absolute atomic E-state index is 0.0978. The Morgan fingerprint density at radius 1 is 1.29 bits per heavy atom. The van der Waals surface area contributed by atoms with Gasteiger partial charge < -0.3 is 4.90 Å². The smallest absolute Gasteiger partial charge is 0.233 e. The van der Waals surface area contributed by atoms with Crippen molar-refractivity contribution in [2.45, 2.75) is 44.8 Å². The first kappa shape index (κ1) is 15.7. The number of carbonyl (C=O) groups excluding carboxylic acids is 1. The molecule has 0 fully saturated rings. The number of thioether (sulfide) groups is 1. The Morgan fingerprint density at radius 3 is 2.57 bits per heavy atom. The Bertz CT molecular complexity index is 631. The maximum absolute atomic E-state index is 12.4. The van der Waals surface area contributed by atoms with Crippen LogP contribution in [0.4, 0.5) is 0 Å². The quantitative estimate of drug-likeness (QED) is 0.615. The zero-order valence-electron chi connectivity index (χ0n) is 12.9. The van der Waals surface area contributed by atoms with E-state index < -0.39 is 0 Å². The molecule has 0 spiro atoms. The third-order valence-corrected chi connectivity index (χ3v) is 4.05. The highest BCUT2D eigenvalue weighted by atomic mass is 32.2. The monoisotopic (exact) mass is 308 g/mol. The van der Waals surface area contributed by atoms with Crippen molar-refractivity contribution in [1.29, 1.82) is 0 Å². The second-order valence-electron chi connectivity index (χ2n) is 5.34. The van der Waals surface area contributed by atoms with E-state index in [2.05, 4.69) is 20.3 Å². The van der Waals surface area contributed by atoms with Gasteiger partial charge in [0.1, 0.15) is 11.4 Å². The van der Waals surface area contributed by atoms with Gasteiger partial charge in [0, 0.05) is 19.1 Å². The van der Waals surface area contributed by atoms with Crippen molar-refractivity contribution in [3.8, 4) is 0 Å². The van der Waals surface area contributed by atoms with Gasteiger partial charge in [-0.05, 0) is 27.7 Å². The second-order valence-corrected chi connectivity index (χ2v) is 6.31. The van der Waals surface area contributed by atoms with E-state index in [0.717, 1.165) is 0 Å². The Balaban J connectivity index is 2.13. The Kier molecular flexibility index (Phi) is 4.76. The van der Waals surface area contributed by atoms with Crippen LogP contribution in [0.3, 0.4) is 0 Å². The number of hydrogen-bond acceptors (Lipinski definition) is 6. The summed E-state index contributed by atoms with van der Waals surface area (Å²) in [7, 11) is 1.78. The van der Waals surface area contributed by atoms with Gasteiger partial charge in [0.15, 0.2) is 11.2 Å². The average molecular weight is 308 g/mol. The SMILES string of the molecule is CC(C)N(C(=O)CSc1ncnc2c1nnn2C)C(C)C. The molecule has 114 valence electrons. The summed E-state index contributed by atoms with van der Waals surface area (Å²) in [5.74, 6) is 0.430. The van der Waals surface area contributed by atoms with Crippen molar-refractivity contribution >= 4 is 28.8 Å². The lowest BCUT2D eigenvalue weighted by atomic mass is 10.2. The number of fused-ring (bicyclic) bond motifs is 1. The summed E-state index contributed by atoms with van der Waals surface area (Å²) >= 11 is 1.38. The molecule has 0 saturated heterocycles. The van der Waals surface area contributed by atoms with E-state index in [-0.39, 0.29) is 18.0 Å². The van der Waals surface area contributed by atoms with Gasteiger partial charge >= 0.3 is 0 Å². The first-order chi connectivity index (χ1) is 9.91. The Labute approximate surface area is 128 Å². The Hall–Kier alpha value is -1.70. The number of hydrogen-bond donors (Lipinski definition) is 0. The number of rotatable bonds is 5. The fraction of sp³-hybridized carbons (Fsp3) is 0.615. The predicted octanol–water partition coefficient (Wildman–Crippen LogP) is 1.50.